The van der Waals surface area contributed by atoms with Gasteiger partial charge in [0.1, 0.15) is 0 Å². The Morgan fingerprint density at radius 3 is 1.57 bits per heavy atom. The summed E-state index contributed by atoms with van der Waals surface area (Å²) in [5, 5.41) is 2.03. The van der Waals surface area contributed by atoms with E-state index in [1.807, 2.05) is 5.32 Å². The summed E-state index contributed by atoms with van der Waals surface area (Å²) >= 11 is 0. The van der Waals surface area contributed by atoms with E-state index in [1.54, 1.807) is 0 Å². The van der Waals surface area contributed by atoms with Crippen LogP contribution >= 0.6 is 0 Å². The van der Waals surface area contributed by atoms with Crippen LogP contribution in [0.4, 0.5) is 0 Å². The normalized spacial score (nSPS) is 13.6. The Bertz CT molecular complexity index is 189. The molecule has 3 nitrogen and oxygen atoms in total. The molecule has 0 bridgehead atoms. The highest BCUT2D eigenvalue weighted by molar-refractivity contribution is 6.12. The first-order valence-electron chi connectivity index (χ1n) is 5.23. The molecule has 0 saturated heterocycles. The molecule has 0 aromatic rings. The molecular weight excluding hydrogens is 178 g/mol. The second kappa shape index (κ2) is 8.48. The Balaban J connectivity index is 0.000000241. The summed E-state index contributed by atoms with van der Waals surface area (Å²) in [5.41, 5.74) is 0. The first-order valence-corrected chi connectivity index (χ1v) is 5.23. The number of hydrogen-bond donors (Lipinski definition) is 1. The number of imide groups is 1. The van der Waals surface area contributed by atoms with Crippen molar-refractivity contribution in [1.82, 2.24) is 5.32 Å². The van der Waals surface area contributed by atoms with Gasteiger partial charge in [-0.15, -0.1) is 0 Å². The van der Waals surface area contributed by atoms with Crippen LogP contribution in [-0.4, -0.2) is 11.8 Å². The molecule has 1 heterocycles. The van der Waals surface area contributed by atoms with Gasteiger partial charge in [0.25, 0.3) is 11.8 Å². The van der Waals surface area contributed by atoms with E-state index in [0.29, 0.717) is 0 Å². The third kappa shape index (κ3) is 7.53. The summed E-state index contributed by atoms with van der Waals surface area (Å²) in [5.74, 6) is -0.657. The van der Waals surface area contributed by atoms with Crippen molar-refractivity contribution in [3.8, 4) is 0 Å². The Kier molecular flexibility index (Phi) is 7.80. The van der Waals surface area contributed by atoms with Crippen LogP contribution in [0.1, 0.15) is 46.0 Å². The molecule has 0 saturated carbocycles. The molecule has 1 N–H and O–H groups in total. The van der Waals surface area contributed by atoms with Crippen LogP contribution in [0.3, 0.4) is 0 Å². The molecular formula is C11H19NO2. The van der Waals surface area contributed by atoms with E-state index in [2.05, 4.69) is 13.8 Å². The molecule has 0 fully saturated rings. The minimum absolute atomic E-state index is 0.329. The highest BCUT2D eigenvalue weighted by Gasteiger charge is 2.06. The summed E-state index contributed by atoms with van der Waals surface area (Å²) in [7, 11) is 0. The molecule has 0 radical (unpaired) electrons. The zero-order chi connectivity index (χ0) is 10.8. The van der Waals surface area contributed by atoms with Crippen LogP contribution in [0, 0.1) is 0 Å². The average molecular weight is 197 g/mol. The SMILES string of the molecule is CCCCCCC.O=C1C=CC(=O)N1. The van der Waals surface area contributed by atoms with Gasteiger partial charge in [0.05, 0.1) is 0 Å². The lowest BCUT2D eigenvalue weighted by Crippen LogP contribution is -2.19. The Morgan fingerprint density at radius 1 is 0.929 bits per heavy atom. The van der Waals surface area contributed by atoms with Gasteiger partial charge in [0, 0.05) is 12.2 Å². The lowest BCUT2D eigenvalue weighted by Gasteiger charge is -1.90. The van der Waals surface area contributed by atoms with Crippen LogP contribution in [0.2, 0.25) is 0 Å². The van der Waals surface area contributed by atoms with Crippen molar-refractivity contribution in [2.75, 3.05) is 0 Å². The fourth-order valence-corrected chi connectivity index (χ4v) is 1.03. The van der Waals surface area contributed by atoms with Gasteiger partial charge in [-0.05, 0) is 0 Å². The van der Waals surface area contributed by atoms with Crippen LogP contribution in [0.15, 0.2) is 12.2 Å². The van der Waals surface area contributed by atoms with E-state index >= 15 is 0 Å². The number of carbonyl (C=O) groups is 2. The second-order valence-electron chi connectivity index (χ2n) is 3.25. The fraction of sp³-hybridized carbons (Fsp3) is 0.636. The van der Waals surface area contributed by atoms with Gasteiger partial charge in [-0.2, -0.15) is 0 Å². The van der Waals surface area contributed by atoms with Gasteiger partial charge in [0.15, 0.2) is 0 Å². The van der Waals surface area contributed by atoms with E-state index in [4.69, 9.17) is 0 Å². The molecule has 0 aromatic heterocycles. The molecule has 1 rings (SSSR count). The lowest BCUT2D eigenvalue weighted by molar-refractivity contribution is -0.123. The number of nitrogens with one attached hydrogen (secondary N) is 1. The van der Waals surface area contributed by atoms with Crippen LogP contribution < -0.4 is 5.32 Å². The van der Waals surface area contributed by atoms with E-state index in [9.17, 15) is 9.59 Å². The average Bonchev–Trinajstić information content (AvgIpc) is 2.52. The summed E-state index contributed by atoms with van der Waals surface area (Å²) in [6, 6.07) is 0. The maximum Gasteiger partial charge on any atom is 0.250 e. The molecule has 0 aliphatic carbocycles. The first-order chi connectivity index (χ1) is 6.70. The Labute approximate surface area is 85.6 Å². The molecule has 0 atom stereocenters. The third-order valence-corrected chi connectivity index (χ3v) is 1.84. The topological polar surface area (TPSA) is 46.2 Å². The van der Waals surface area contributed by atoms with Gasteiger partial charge in [0.2, 0.25) is 0 Å². The monoisotopic (exact) mass is 197 g/mol. The zero-order valence-corrected chi connectivity index (χ0v) is 9.01. The molecule has 2 amide bonds. The third-order valence-electron chi connectivity index (χ3n) is 1.84. The maximum atomic E-state index is 10.0. The number of unbranched alkanes of at least 4 members (excludes halogenated alkanes) is 4. The Hall–Kier alpha value is -1.12. The van der Waals surface area contributed by atoms with E-state index in [0.717, 1.165) is 0 Å². The summed E-state index contributed by atoms with van der Waals surface area (Å²) in [6.45, 7) is 4.49. The molecule has 0 spiro atoms. The molecule has 1 aliphatic rings. The standard InChI is InChI=1S/C7H16.C4H3NO2/c1-3-5-7-6-4-2;6-3-1-2-4(7)5-3/h3-7H2,1-2H3;1-2H,(H,5,6,7). The van der Waals surface area contributed by atoms with E-state index < -0.39 is 0 Å². The quantitative estimate of drug-likeness (QED) is 0.554. The van der Waals surface area contributed by atoms with Crippen LogP contribution in [0.25, 0.3) is 0 Å². The molecule has 3 heteroatoms. The van der Waals surface area contributed by atoms with Crippen LogP contribution in [-0.2, 0) is 9.59 Å². The highest BCUT2D eigenvalue weighted by atomic mass is 16.2. The predicted octanol–water partition coefficient (Wildman–Crippen LogP) is 2.18. The summed E-state index contributed by atoms with van der Waals surface area (Å²) in [4.78, 5) is 20.1. The molecule has 1 aliphatic heterocycles. The van der Waals surface area contributed by atoms with E-state index in [-0.39, 0.29) is 11.8 Å². The number of hydrogen-bond acceptors (Lipinski definition) is 2. The van der Waals surface area contributed by atoms with Crippen molar-refractivity contribution < 1.29 is 9.59 Å². The molecule has 80 valence electrons. The molecule has 0 unspecified atom stereocenters. The Morgan fingerprint density at radius 2 is 1.36 bits per heavy atom. The van der Waals surface area contributed by atoms with Crippen molar-refractivity contribution in [2.45, 2.75) is 46.0 Å². The lowest BCUT2D eigenvalue weighted by atomic mass is 10.2. The minimum atomic E-state index is -0.329. The van der Waals surface area contributed by atoms with Crippen molar-refractivity contribution in [1.29, 1.82) is 0 Å². The summed E-state index contributed by atoms with van der Waals surface area (Å²) in [6.07, 6.45) is 9.40. The van der Waals surface area contributed by atoms with Gasteiger partial charge in [-0.3, -0.25) is 14.9 Å². The zero-order valence-electron chi connectivity index (χ0n) is 9.01. The van der Waals surface area contributed by atoms with Gasteiger partial charge in [-0.25, -0.2) is 0 Å². The van der Waals surface area contributed by atoms with Crippen molar-refractivity contribution in [3.05, 3.63) is 12.2 Å². The fourth-order valence-electron chi connectivity index (χ4n) is 1.03. The van der Waals surface area contributed by atoms with Gasteiger partial charge < -0.3 is 0 Å². The summed E-state index contributed by atoms with van der Waals surface area (Å²) < 4.78 is 0. The molecule has 14 heavy (non-hydrogen) atoms. The van der Waals surface area contributed by atoms with Crippen molar-refractivity contribution in [3.63, 3.8) is 0 Å². The number of rotatable bonds is 4. The molecule has 0 aromatic carbocycles. The van der Waals surface area contributed by atoms with Crippen molar-refractivity contribution in [2.24, 2.45) is 0 Å². The maximum absolute atomic E-state index is 10.0. The second-order valence-corrected chi connectivity index (χ2v) is 3.25. The van der Waals surface area contributed by atoms with Crippen molar-refractivity contribution >= 4 is 11.8 Å². The largest absolute Gasteiger partial charge is 0.289 e. The number of carbonyl (C=O) groups excluding carboxylic acids is 2. The number of amides is 2. The van der Waals surface area contributed by atoms with E-state index in [1.165, 1.54) is 44.3 Å². The van der Waals surface area contributed by atoms with Gasteiger partial charge >= 0.3 is 0 Å². The first kappa shape index (κ1) is 12.9. The minimum Gasteiger partial charge on any atom is -0.289 e. The predicted molar refractivity (Wildman–Crippen MR) is 56.7 cm³/mol. The smallest absolute Gasteiger partial charge is 0.250 e. The van der Waals surface area contributed by atoms with Crippen LogP contribution in [0.5, 0.6) is 0 Å². The van der Waals surface area contributed by atoms with Gasteiger partial charge in [-0.1, -0.05) is 46.0 Å². The highest BCUT2D eigenvalue weighted by Crippen LogP contribution is 2.00.